The van der Waals surface area contributed by atoms with Gasteiger partial charge in [0.25, 0.3) is 0 Å². The maximum absolute atomic E-state index is 11.6. The van der Waals surface area contributed by atoms with Crippen molar-refractivity contribution in [2.45, 2.75) is 58.5 Å². The molecule has 0 N–H and O–H groups in total. The largest absolute Gasteiger partial charge is 0.337 e. The molecule has 0 bridgehead atoms. The van der Waals surface area contributed by atoms with Gasteiger partial charge in [-0.05, 0) is 33.1 Å². The zero-order valence-corrected chi connectivity index (χ0v) is 8.34. The van der Waals surface area contributed by atoms with Crippen LogP contribution in [0.1, 0.15) is 46.5 Å². The second-order valence-electron chi connectivity index (χ2n) is 3.83. The molecule has 0 saturated carbocycles. The molecule has 1 fully saturated rings. The van der Waals surface area contributed by atoms with Crippen LogP contribution in [0.4, 0.5) is 0 Å². The van der Waals surface area contributed by atoms with Gasteiger partial charge in [-0.1, -0.05) is 6.92 Å². The van der Waals surface area contributed by atoms with Crippen LogP contribution in [0.3, 0.4) is 0 Å². The average molecular weight is 169 g/mol. The molecule has 1 amide bonds. The van der Waals surface area contributed by atoms with E-state index >= 15 is 0 Å². The maximum atomic E-state index is 11.6. The van der Waals surface area contributed by atoms with Gasteiger partial charge in [-0.15, -0.1) is 0 Å². The minimum atomic E-state index is 0.343. The lowest BCUT2D eigenvalue weighted by Gasteiger charge is -2.26. The van der Waals surface area contributed by atoms with Crippen LogP contribution in [0.2, 0.25) is 0 Å². The highest BCUT2D eigenvalue weighted by Gasteiger charge is 2.30. The molecule has 2 nitrogen and oxygen atoms in total. The van der Waals surface area contributed by atoms with E-state index in [0.29, 0.717) is 24.4 Å². The van der Waals surface area contributed by atoms with E-state index in [2.05, 4.69) is 25.7 Å². The van der Waals surface area contributed by atoms with Gasteiger partial charge in [0.15, 0.2) is 0 Å². The SMILES string of the molecule is CCCC(=O)N1C(C)CCC1C. The van der Waals surface area contributed by atoms with Gasteiger partial charge in [0.05, 0.1) is 0 Å². The molecule has 0 spiro atoms. The van der Waals surface area contributed by atoms with Gasteiger partial charge < -0.3 is 4.90 Å². The highest BCUT2D eigenvalue weighted by molar-refractivity contribution is 5.77. The van der Waals surface area contributed by atoms with E-state index in [0.717, 1.165) is 6.42 Å². The molecule has 70 valence electrons. The fraction of sp³-hybridized carbons (Fsp3) is 0.900. The van der Waals surface area contributed by atoms with Crippen molar-refractivity contribution in [1.82, 2.24) is 4.90 Å². The molecule has 0 aromatic carbocycles. The van der Waals surface area contributed by atoms with Crippen LogP contribution in [0.25, 0.3) is 0 Å². The number of likely N-dealkylation sites (tertiary alicyclic amines) is 1. The third-order valence-corrected chi connectivity index (χ3v) is 2.70. The summed E-state index contributed by atoms with van der Waals surface area (Å²) in [4.78, 5) is 13.7. The van der Waals surface area contributed by atoms with Gasteiger partial charge >= 0.3 is 0 Å². The molecule has 2 heteroatoms. The first-order valence-corrected chi connectivity index (χ1v) is 4.98. The quantitative estimate of drug-likeness (QED) is 0.620. The Hall–Kier alpha value is -0.530. The monoisotopic (exact) mass is 169 g/mol. The Bertz CT molecular complexity index is 157. The van der Waals surface area contributed by atoms with Crippen LogP contribution in [-0.2, 0) is 4.79 Å². The minimum absolute atomic E-state index is 0.343. The Morgan fingerprint density at radius 3 is 2.25 bits per heavy atom. The fourth-order valence-electron chi connectivity index (χ4n) is 2.03. The molecule has 2 unspecified atom stereocenters. The van der Waals surface area contributed by atoms with E-state index in [-0.39, 0.29) is 0 Å². The molecule has 0 aromatic rings. The second-order valence-corrected chi connectivity index (χ2v) is 3.83. The lowest BCUT2D eigenvalue weighted by molar-refractivity contribution is -0.133. The Morgan fingerprint density at radius 2 is 1.83 bits per heavy atom. The molecule has 1 heterocycles. The number of nitrogens with zero attached hydrogens (tertiary/aromatic N) is 1. The van der Waals surface area contributed by atoms with Crippen molar-refractivity contribution in [1.29, 1.82) is 0 Å². The lowest BCUT2D eigenvalue weighted by atomic mass is 10.2. The molecule has 0 aromatic heterocycles. The molecular weight excluding hydrogens is 150 g/mol. The third-order valence-electron chi connectivity index (χ3n) is 2.70. The Morgan fingerprint density at radius 1 is 1.33 bits per heavy atom. The number of amides is 1. The molecule has 1 saturated heterocycles. The standard InChI is InChI=1S/C10H19NO/c1-4-5-10(12)11-8(2)6-7-9(11)3/h8-9H,4-7H2,1-3H3. The van der Waals surface area contributed by atoms with E-state index in [1.165, 1.54) is 12.8 Å². The highest BCUT2D eigenvalue weighted by atomic mass is 16.2. The van der Waals surface area contributed by atoms with Crippen LogP contribution >= 0.6 is 0 Å². The molecule has 2 atom stereocenters. The number of hydrogen-bond acceptors (Lipinski definition) is 1. The van der Waals surface area contributed by atoms with E-state index in [9.17, 15) is 4.79 Å². The maximum Gasteiger partial charge on any atom is 0.223 e. The first-order chi connectivity index (χ1) is 5.66. The summed E-state index contributed by atoms with van der Waals surface area (Å²) in [6.45, 7) is 6.36. The van der Waals surface area contributed by atoms with Crippen molar-refractivity contribution in [2.24, 2.45) is 0 Å². The van der Waals surface area contributed by atoms with Crippen molar-refractivity contribution in [3.8, 4) is 0 Å². The molecular formula is C10H19NO. The normalized spacial score (nSPS) is 29.4. The summed E-state index contributed by atoms with van der Waals surface area (Å²) in [6, 6.07) is 0.943. The van der Waals surface area contributed by atoms with Gasteiger partial charge in [0.1, 0.15) is 0 Å². The minimum Gasteiger partial charge on any atom is -0.337 e. The summed E-state index contributed by atoms with van der Waals surface area (Å²) in [5.74, 6) is 0.343. The molecule has 1 aliphatic rings. The zero-order chi connectivity index (χ0) is 9.14. The molecule has 12 heavy (non-hydrogen) atoms. The molecule has 0 radical (unpaired) electrons. The number of rotatable bonds is 2. The average Bonchev–Trinajstić information content (AvgIpc) is 2.32. The Balaban J connectivity index is 2.53. The van der Waals surface area contributed by atoms with E-state index in [1.54, 1.807) is 0 Å². The van der Waals surface area contributed by atoms with E-state index in [4.69, 9.17) is 0 Å². The van der Waals surface area contributed by atoms with E-state index < -0.39 is 0 Å². The molecule has 0 aliphatic carbocycles. The van der Waals surface area contributed by atoms with E-state index in [1.807, 2.05) is 0 Å². The Kier molecular flexibility index (Phi) is 3.12. The predicted molar refractivity (Wildman–Crippen MR) is 49.9 cm³/mol. The molecule has 1 rings (SSSR count). The van der Waals surface area contributed by atoms with Crippen LogP contribution in [0.5, 0.6) is 0 Å². The van der Waals surface area contributed by atoms with Crippen LogP contribution in [-0.4, -0.2) is 22.9 Å². The number of carbonyl (C=O) groups is 1. The lowest BCUT2D eigenvalue weighted by Crippen LogP contribution is -2.38. The third kappa shape index (κ3) is 1.79. The van der Waals surface area contributed by atoms with Crippen LogP contribution in [0, 0.1) is 0 Å². The van der Waals surface area contributed by atoms with Gasteiger partial charge in [-0.3, -0.25) is 4.79 Å². The number of hydrogen-bond donors (Lipinski definition) is 0. The number of carbonyl (C=O) groups excluding carboxylic acids is 1. The van der Waals surface area contributed by atoms with Crippen molar-refractivity contribution in [2.75, 3.05) is 0 Å². The Labute approximate surface area is 74.9 Å². The zero-order valence-electron chi connectivity index (χ0n) is 8.34. The summed E-state index contributed by atoms with van der Waals surface area (Å²) in [5.41, 5.74) is 0. The summed E-state index contributed by atoms with van der Waals surface area (Å²) in [7, 11) is 0. The second kappa shape index (κ2) is 3.92. The molecule has 1 aliphatic heterocycles. The van der Waals surface area contributed by atoms with Crippen molar-refractivity contribution < 1.29 is 4.79 Å². The van der Waals surface area contributed by atoms with Gasteiger partial charge in [-0.25, -0.2) is 0 Å². The summed E-state index contributed by atoms with van der Waals surface area (Å²) in [5, 5.41) is 0. The van der Waals surface area contributed by atoms with Crippen molar-refractivity contribution in [3.05, 3.63) is 0 Å². The van der Waals surface area contributed by atoms with Crippen molar-refractivity contribution >= 4 is 5.91 Å². The van der Waals surface area contributed by atoms with Crippen molar-refractivity contribution in [3.63, 3.8) is 0 Å². The summed E-state index contributed by atoms with van der Waals surface area (Å²) >= 11 is 0. The van der Waals surface area contributed by atoms with Gasteiger partial charge in [-0.2, -0.15) is 0 Å². The topological polar surface area (TPSA) is 20.3 Å². The van der Waals surface area contributed by atoms with Crippen LogP contribution < -0.4 is 0 Å². The summed E-state index contributed by atoms with van der Waals surface area (Å²) < 4.78 is 0. The predicted octanol–water partition coefficient (Wildman–Crippen LogP) is 2.19. The first kappa shape index (κ1) is 9.56. The van der Waals surface area contributed by atoms with Crippen LogP contribution in [0.15, 0.2) is 0 Å². The summed E-state index contributed by atoms with van der Waals surface area (Å²) in [6.07, 6.45) is 4.04. The van der Waals surface area contributed by atoms with Gasteiger partial charge in [0, 0.05) is 18.5 Å². The van der Waals surface area contributed by atoms with Gasteiger partial charge in [0.2, 0.25) is 5.91 Å². The first-order valence-electron chi connectivity index (χ1n) is 4.98. The highest BCUT2D eigenvalue weighted by Crippen LogP contribution is 2.24. The fourth-order valence-corrected chi connectivity index (χ4v) is 2.03. The smallest absolute Gasteiger partial charge is 0.223 e.